The van der Waals surface area contributed by atoms with E-state index in [0.717, 1.165) is 25.2 Å². The molecule has 2 rings (SSSR count). The van der Waals surface area contributed by atoms with Crippen LogP contribution in [0.2, 0.25) is 0 Å². The van der Waals surface area contributed by atoms with E-state index < -0.39 is 0 Å². The Morgan fingerprint density at radius 3 is 2.41 bits per heavy atom. The van der Waals surface area contributed by atoms with Gasteiger partial charge < -0.3 is 20.7 Å². The van der Waals surface area contributed by atoms with Crippen LogP contribution in [0.5, 0.6) is 0 Å². The van der Waals surface area contributed by atoms with Crippen molar-refractivity contribution in [3.63, 3.8) is 0 Å². The maximum Gasteiger partial charge on any atom is 0.222 e. The Labute approximate surface area is 173 Å². The van der Waals surface area contributed by atoms with Crippen LogP contribution in [0.3, 0.4) is 0 Å². The second-order valence-electron chi connectivity index (χ2n) is 7.31. The van der Waals surface area contributed by atoms with Crippen LogP contribution in [-0.2, 0) is 9.53 Å². The number of aliphatic imine (C=N–C) groups is 1. The summed E-state index contributed by atoms with van der Waals surface area (Å²) in [5.41, 5.74) is 1.04. The Morgan fingerprint density at radius 2 is 1.79 bits per heavy atom. The Kier molecular flexibility index (Phi) is 9.87. The van der Waals surface area contributed by atoms with Crippen molar-refractivity contribution in [3.8, 4) is 0 Å². The number of nitrogens with one attached hydrogen (secondary N) is 3. The topological polar surface area (TPSA) is 78.0 Å². The van der Waals surface area contributed by atoms with E-state index in [-0.39, 0.29) is 23.7 Å². The van der Waals surface area contributed by atoms with Gasteiger partial charge in [-0.15, -0.1) is 0 Å². The number of carbonyl (C=O) groups is 1. The van der Waals surface area contributed by atoms with E-state index in [0.29, 0.717) is 38.8 Å². The van der Waals surface area contributed by atoms with Crippen molar-refractivity contribution in [1.29, 1.82) is 0 Å². The van der Waals surface area contributed by atoms with Crippen LogP contribution in [0.15, 0.2) is 29.3 Å². The molecule has 1 fully saturated rings. The summed E-state index contributed by atoms with van der Waals surface area (Å²) >= 11 is 0. The molecule has 1 aliphatic rings. The monoisotopic (exact) mass is 407 g/mol. The van der Waals surface area contributed by atoms with Crippen molar-refractivity contribution in [3.05, 3.63) is 35.6 Å². The Morgan fingerprint density at radius 1 is 1.14 bits per heavy atom. The molecule has 29 heavy (non-hydrogen) atoms. The van der Waals surface area contributed by atoms with Crippen molar-refractivity contribution in [2.45, 2.75) is 26.8 Å². The Hall–Kier alpha value is -2.19. The molecule has 3 N–H and O–H groups in total. The van der Waals surface area contributed by atoms with Crippen molar-refractivity contribution in [2.75, 3.05) is 52.5 Å². The molecule has 0 spiro atoms. The highest BCUT2D eigenvalue weighted by Crippen LogP contribution is 2.22. The number of hydrogen-bond donors (Lipinski definition) is 3. The predicted molar refractivity (Wildman–Crippen MR) is 113 cm³/mol. The number of ether oxygens (including phenoxy) is 1. The van der Waals surface area contributed by atoms with Gasteiger partial charge in [0.25, 0.3) is 0 Å². The fourth-order valence-electron chi connectivity index (χ4n) is 3.10. The summed E-state index contributed by atoms with van der Waals surface area (Å²) in [4.78, 5) is 18.7. The van der Waals surface area contributed by atoms with Gasteiger partial charge in [-0.2, -0.15) is 0 Å². The largest absolute Gasteiger partial charge is 0.379 e. The van der Waals surface area contributed by atoms with Gasteiger partial charge >= 0.3 is 0 Å². The molecular formula is C21H34FN5O2. The third-order valence-corrected chi connectivity index (χ3v) is 4.75. The molecule has 1 aromatic rings. The van der Waals surface area contributed by atoms with E-state index in [2.05, 4.69) is 20.9 Å². The molecule has 1 atom stereocenters. The number of amides is 1. The molecule has 1 aromatic carbocycles. The third kappa shape index (κ3) is 7.98. The number of benzene rings is 1. The molecular weight excluding hydrogens is 373 g/mol. The first-order valence-corrected chi connectivity index (χ1v) is 10.4. The average Bonchev–Trinajstić information content (AvgIpc) is 2.73. The van der Waals surface area contributed by atoms with E-state index in [1.807, 2.05) is 32.9 Å². The summed E-state index contributed by atoms with van der Waals surface area (Å²) in [6.45, 7) is 11.2. The number of hydrogen-bond acceptors (Lipinski definition) is 4. The van der Waals surface area contributed by atoms with Crippen molar-refractivity contribution >= 4 is 11.9 Å². The fraction of sp³-hybridized carbons (Fsp3) is 0.619. The van der Waals surface area contributed by atoms with Crippen LogP contribution < -0.4 is 16.0 Å². The predicted octanol–water partition coefficient (Wildman–Crippen LogP) is 1.53. The minimum absolute atomic E-state index is 0.0260. The van der Waals surface area contributed by atoms with Crippen LogP contribution in [0, 0.1) is 11.7 Å². The van der Waals surface area contributed by atoms with E-state index >= 15 is 0 Å². The van der Waals surface area contributed by atoms with E-state index in [1.54, 1.807) is 0 Å². The van der Waals surface area contributed by atoms with Gasteiger partial charge in [-0.1, -0.05) is 26.0 Å². The summed E-state index contributed by atoms with van der Waals surface area (Å²) in [6.07, 6.45) is 0. The Bertz CT molecular complexity index is 645. The lowest BCUT2D eigenvalue weighted by atomic mass is 10.0. The number of rotatable bonds is 9. The average molecular weight is 408 g/mol. The zero-order chi connectivity index (χ0) is 21.1. The minimum atomic E-state index is -0.239. The van der Waals surface area contributed by atoms with Gasteiger partial charge in [0.1, 0.15) is 5.82 Å². The summed E-state index contributed by atoms with van der Waals surface area (Å²) in [5, 5.41) is 9.38. The number of halogens is 1. The third-order valence-electron chi connectivity index (χ3n) is 4.75. The van der Waals surface area contributed by atoms with Gasteiger partial charge in [-0.25, -0.2) is 4.39 Å². The second-order valence-corrected chi connectivity index (χ2v) is 7.31. The van der Waals surface area contributed by atoms with E-state index in [4.69, 9.17) is 9.73 Å². The molecule has 1 unspecified atom stereocenters. The summed E-state index contributed by atoms with van der Waals surface area (Å²) in [7, 11) is 0. The quantitative estimate of drug-likeness (QED) is 0.329. The molecule has 1 heterocycles. The highest BCUT2D eigenvalue weighted by atomic mass is 19.1. The molecule has 0 bridgehead atoms. The molecule has 0 radical (unpaired) electrons. The van der Waals surface area contributed by atoms with Gasteiger partial charge in [0.15, 0.2) is 5.96 Å². The van der Waals surface area contributed by atoms with Gasteiger partial charge in [0.05, 0.1) is 25.8 Å². The molecule has 8 heteroatoms. The zero-order valence-electron chi connectivity index (χ0n) is 17.7. The van der Waals surface area contributed by atoms with Gasteiger partial charge in [0.2, 0.25) is 5.91 Å². The number of carbonyl (C=O) groups excluding carboxylic acids is 1. The smallest absolute Gasteiger partial charge is 0.222 e. The SMILES string of the molecule is CCNC(=NCC(c1ccc(F)cc1)N1CCOCC1)NCCNC(=O)C(C)C. The van der Waals surface area contributed by atoms with Crippen LogP contribution in [0.4, 0.5) is 4.39 Å². The van der Waals surface area contributed by atoms with Crippen molar-refractivity contribution in [2.24, 2.45) is 10.9 Å². The minimum Gasteiger partial charge on any atom is -0.379 e. The van der Waals surface area contributed by atoms with Gasteiger partial charge in [-0.3, -0.25) is 14.7 Å². The molecule has 1 aliphatic heterocycles. The molecule has 162 valence electrons. The maximum absolute atomic E-state index is 13.4. The Balaban J connectivity index is 2.00. The first-order chi connectivity index (χ1) is 14.0. The van der Waals surface area contributed by atoms with Crippen LogP contribution in [0.25, 0.3) is 0 Å². The van der Waals surface area contributed by atoms with Crippen LogP contribution in [-0.4, -0.2) is 69.2 Å². The van der Waals surface area contributed by atoms with Gasteiger partial charge in [-0.05, 0) is 24.6 Å². The number of morpholine rings is 1. The number of guanidine groups is 1. The summed E-state index contributed by atoms with van der Waals surface area (Å²) in [6, 6.07) is 6.69. The van der Waals surface area contributed by atoms with Gasteiger partial charge in [0, 0.05) is 38.6 Å². The lowest BCUT2D eigenvalue weighted by Crippen LogP contribution is -2.43. The summed E-state index contributed by atoms with van der Waals surface area (Å²) in [5.74, 6) is 0.474. The van der Waals surface area contributed by atoms with E-state index in [9.17, 15) is 9.18 Å². The zero-order valence-corrected chi connectivity index (χ0v) is 17.7. The first-order valence-electron chi connectivity index (χ1n) is 10.4. The molecule has 1 saturated heterocycles. The fourth-order valence-corrected chi connectivity index (χ4v) is 3.10. The molecule has 1 amide bonds. The molecule has 7 nitrogen and oxygen atoms in total. The molecule has 0 aromatic heterocycles. The van der Waals surface area contributed by atoms with Crippen LogP contribution in [0.1, 0.15) is 32.4 Å². The number of nitrogens with zero attached hydrogens (tertiary/aromatic N) is 2. The highest BCUT2D eigenvalue weighted by molar-refractivity contribution is 5.80. The summed E-state index contributed by atoms with van der Waals surface area (Å²) < 4.78 is 18.8. The standard InChI is InChI=1S/C21H34FN5O2/c1-4-23-21(25-10-9-24-20(28)16(2)3)26-15-19(27-11-13-29-14-12-27)17-5-7-18(22)8-6-17/h5-8,16,19H,4,9-15H2,1-3H3,(H,24,28)(H2,23,25,26). The first kappa shape index (κ1) is 23.1. The van der Waals surface area contributed by atoms with Crippen molar-refractivity contribution < 1.29 is 13.9 Å². The highest BCUT2D eigenvalue weighted by Gasteiger charge is 2.22. The molecule has 0 saturated carbocycles. The lowest BCUT2D eigenvalue weighted by molar-refractivity contribution is -0.123. The molecule has 0 aliphatic carbocycles. The maximum atomic E-state index is 13.4. The second kappa shape index (κ2) is 12.4. The normalized spacial score (nSPS) is 16.5. The van der Waals surface area contributed by atoms with Crippen molar-refractivity contribution in [1.82, 2.24) is 20.9 Å². The van der Waals surface area contributed by atoms with E-state index in [1.165, 1.54) is 12.1 Å². The lowest BCUT2D eigenvalue weighted by Gasteiger charge is -2.34. The van der Waals surface area contributed by atoms with Crippen LogP contribution >= 0.6 is 0 Å².